The Morgan fingerprint density at radius 1 is 1.26 bits per heavy atom. The molecule has 0 aromatic heterocycles. The Morgan fingerprint density at radius 2 is 1.89 bits per heavy atom. The van der Waals surface area contributed by atoms with Crippen molar-refractivity contribution < 1.29 is 19.8 Å². The van der Waals surface area contributed by atoms with Gasteiger partial charge >= 0.3 is 11.9 Å². The minimum absolute atomic E-state index is 0.203. The van der Waals surface area contributed by atoms with Gasteiger partial charge in [-0.15, -0.1) is 11.8 Å². The summed E-state index contributed by atoms with van der Waals surface area (Å²) >= 11 is 1.43. The lowest BCUT2D eigenvalue weighted by atomic mass is 10.0. The summed E-state index contributed by atoms with van der Waals surface area (Å²) in [6.45, 7) is 3.68. The molecule has 0 bridgehead atoms. The first-order chi connectivity index (χ1) is 8.83. The van der Waals surface area contributed by atoms with Crippen LogP contribution in [0, 0.1) is 0 Å². The fraction of sp³-hybridized carbons (Fsp3) is 0.385. The molecule has 0 spiro atoms. The standard InChI is InChI=1S/C13H15NO4S/c1-13(2)9(12(17)18)14-10(19-13)7-5-3-4-6-8(7)11(15)16/h3-6,9-10,14H,1-2H3,(H,15,16)(H,17,18). The molecule has 2 atom stereocenters. The lowest BCUT2D eigenvalue weighted by Crippen LogP contribution is -2.43. The van der Waals surface area contributed by atoms with Crippen LogP contribution < -0.4 is 5.32 Å². The smallest absolute Gasteiger partial charge is 0.336 e. The van der Waals surface area contributed by atoms with Crippen molar-refractivity contribution in [3.8, 4) is 0 Å². The van der Waals surface area contributed by atoms with E-state index in [0.717, 1.165) is 0 Å². The second-order valence-electron chi connectivity index (χ2n) is 4.93. The molecule has 1 aliphatic rings. The molecule has 0 radical (unpaired) electrons. The van der Waals surface area contributed by atoms with Gasteiger partial charge < -0.3 is 10.2 Å². The lowest BCUT2D eigenvalue weighted by Gasteiger charge is -2.20. The van der Waals surface area contributed by atoms with Gasteiger partial charge in [0.05, 0.1) is 10.9 Å². The fourth-order valence-corrected chi connectivity index (χ4v) is 3.65. The van der Waals surface area contributed by atoms with Crippen LogP contribution in [0.5, 0.6) is 0 Å². The number of nitrogens with one attached hydrogen (secondary N) is 1. The molecule has 0 amide bonds. The number of carbonyl (C=O) groups is 2. The number of carboxylic acid groups (broad SMARTS) is 2. The van der Waals surface area contributed by atoms with E-state index in [4.69, 9.17) is 0 Å². The summed E-state index contributed by atoms with van der Waals surface area (Å²) in [5.74, 6) is -1.93. The Labute approximate surface area is 115 Å². The molecule has 19 heavy (non-hydrogen) atoms. The molecule has 1 fully saturated rings. The van der Waals surface area contributed by atoms with Gasteiger partial charge in [-0.1, -0.05) is 18.2 Å². The van der Waals surface area contributed by atoms with E-state index in [1.54, 1.807) is 18.2 Å². The molecule has 2 rings (SSSR count). The third-order valence-corrected chi connectivity index (χ3v) is 4.62. The molecule has 0 saturated carbocycles. The quantitative estimate of drug-likeness (QED) is 0.785. The highest BCUT2D eigenvalue weighted by molar-refractivity contribution is 8.01. The van der Waals surface area contributed by atoms with Crippen molar-refractivity contribution in [2.24, 2.45) is 0 Å². The van der Waals surface area contributed by atoms with Crippen LogP contribution in [0.2, 0.25) is 0 Å². The van der Waals surface area contributed by atoms with E-state index in [-0.39, 0.29) is 10.9 Å². The lowest BCUT2D eigenvalue weighted by molar-refractivity contribution is -0.139. The predicted octanol–water partition coefficient (Wildman–Crippen LogP) is 1.95. The minimum Gasteiger partial charge on any atom is -0.480 e. The number of aliphatic carboxylic acids is 1. The Morgan fingerprint density at radius 3 is 2.42 bits per heavy atom. The number of hydrogen-bond acceptors (Lipinski definition) is 4. The van der Waals surface area contributed by atoms with Crippen LogP contribution in [0.3, 0.4) is 0 Å². The summed E-state index contributed by atoms with van der Waals surface area (Å²) < 4.78 is -0.498. The molecular formula is C13H15NO4S. The summed E-state index contributed by atoms with van der Waals surface area (Å²) in [4.78, 5) is 22.4. The number of rotatable bonds is 3. The molecule has 5 nitrogen and oxygen atoms in total. The number of benzene rings is 1. The van der Waals surface area contributed by atoms with Gasteiger partial charge in [0, 0.05) is 4.75 Å². The highest BCUT2D eigenvalue weighted by Crippen LogP contribution is 2.46. The van der Waals surface area contributed by atoms with Crippen molar-refractivity contribution in [2.75, 3.05) is 0 Å². The minimum atomic E-state index is -1.01. The first-order valence-corrected chi connectivity index (χ1v) is 6.70. The van der Waals surface area contributed by atoms with Gasteiger partial charge in [0.1, 0.15) is 6.04 Å². The van der Waals surface area contributed by atoms with E-state index in [0.29, 0.717) is 5.56 Å². The van der Waals surface area contributed by atoms with Crippen molar-refractivity contribution in [1.82, 2.24) is 5.32 Å². The summed E-state index contributed by atoms with van der Waals surface area (Å²) in [5, 5.41) is 21.0. The Balaban J connectivity index is 2.35. The first-order valence-electron chi connectivity index (χ1n) is 5.82. The predicted molar refractivity (Wildman–Crippen MR) is 72.4 cm³/mol. The first kappa shape index (κ1) is 13.9. The van der Waals surface area contributed by atoms with Crippen LogP contribution in [0.15, 0.2) is 24.3 Å². The Bertz CT molecular complexity index is 529. The van der Waals surface area contributed by atoms with Crippen LogP contribution in [0.1, 0.15) is 35.1 Å². The normalized spacial score (nSPS) is 25.2. The summed E-state index contributed by atoms with van der Waals surface area (Å²) in [6, 6.07) is 5.96. The second-order valence-corrected chi connectivity index (χ2v) is 6.69. The average Bonchev–Trinajstić information content (AvgIpc) is 2.65. The Kier molecular flexibility index (Phi) is 3.56. The molecule has 102 valence electrons. The van der Waals surface area contributed by atoms with Gasteiger partial charge in [-0.3, -0.25) is 10.1 Å². The largest absolute Gasteiger partial charge is 0.480 e. The van der Waals surface area contributed by atoms with Crippen molar-refractivity contribution in [3.63, 3.8) is 0 Å². The molecule has 1 heterocycles. The van der Waals surface area contributed by atoms with Crippen molar-refractivity contribution in [1.29, 1.82) is 0 Å². The zero-order valence-corrected chi connectivity index (χ0v) is 11.4. The average molecular weight is 281 g/mol. The van der Waals surface area contributed by atoms with Gasteiger partial charge in [0.25, 0.3) is 0 Å². The molecule has 1 aromatic rings. The monoisotopic (exact) mass is 281 g/mol. The number of carboxylic acids is 2. The topological polar surface area (TPSA) is 86.6 Å². The highest BCUT2D eigenvalue weighted by atomic mass is 32.2. The van der Waals surface area contributed by atoms with Crippen LogP contribution in [0.25, 0.3) is 0 Å². The summed E-state index contributed by atoms with van der Waals surface area (Å²) in [5.41, 5.74) is 0.811. The zero-order chi connectivity index (χ0) is 14.2. The molecule has 0 aliphatic carbocycles. The number of thioether (sulfide) groups is 1. The van der Waals surface area contributed by atoms with E-state index in [1.165, 1.54) is 17.8 Å². The number of aromatic carboxylic acids is 1. The maximum absolute atomic E-state index is 11.2. The third-order valence-electron chi connectivity index (χ3n) is 3.16. The summed E-state index contributed by atoms with van der Waals surface area (Å²) in [6.07, 6.45) is 0. The van der Waals surface area contributed by atoms with E-state index in [1.807, 2.05) is 13.8 Å². The molecule has 1 aliphatic heterocycles. The maximum Gasteiger partial charge on any atom is 0.336 e. The molecule has 1 aromatic carbocycles. The third kappa shape index (κ3) is 2.59. The molecular weight excluding hydrogens is 266 g/mol. The zero-order valence-electron chi connectivity index (χ0n) is 10.6. The highest BCUT2D eigenvalue weighted by Gasteiger charge is 2.46. The summed E-state index contributed by atoms with van der Waals surface area (Å²) in [7, 11) is 0. The molecule has 6 heteroatoms. The Hall–Kier alpha value is -1.53. The van der Waals surface area contributed by atoms with Gasteiger partial charge in [-0.2, -0.15) is 0 Å². The SMILES string of the molecule is CC1(C)SC(c2ccccc2C(=O)O)NC1C(=O)O. The molecule has 3 N–H and O–H groups in total. The molecule has 1 saturated heterocycles. The van der Waals surface area contributed by atoms with Crippen molar-refractivity contribution in [3.05, 3.63) is 35.4 Å². The molecule has 2 unspecified atom stereocenters. The van der Waals surface area contributed by atoms with E-state index in [2.05, 4.69) is 5.32 Å². The van der Waals surface area contributed by atoms with Gasteiger partial charge in [0.2, 0.25) is 0 Å². The fourth-order valence-electron chi connectivity index (χ4n) is 2.20. The van der Waals surface area contributed by atoms with E-state index < -0.39 is 22.7 Å². The van der Waals surface area contributed by atoms with Crippen molar-refractivity contribution in [2.45, 2.75) is 30.0 Å². The second kappa shape index (κ2) is 4.86. The van der Waals surface area contributed by atoms with Crippen LogP contribution in [0.4, 0.5) is 0 Å². The van der Waals surface area contributed by atoms with Gasteiger partial charge in [0.15, 0.2) is 0 Å². The van der Waals surface area contributed by atoms with E-state index in [9.17, 15) is 19.8 Å². The van der Waals surface area contributed by atoms with Crippen LogP contribution in [-0.2, 0) is 4.79 Å². The van der Waals surface area contributed by atoms with Crippen LogP contribution in [-0.4, -0.2) is 32.9 Å². The number of hydrogen-bond donors (Lipinski definition) is 3. The van der Waals surface area contributed by atoms with Crippen LogP contribution >= 0.6 is 11.8 Å². The van der Waals surface area contributed by atoms with Gasteiger partial charge in [-0.25, -0.2) is 4.79 Å². The van der Waals surface area contributed by atoms with Gasteiger partial charge in [-0.05, 0) is 25.5 Å². The van der Waals surface area contributed by atoms with E-state index >= 15 is 0 Å². The maximum atomic E-state index is 11.2. The van der Waals surface area contributed by atoms with Crippen molar-refractivity contribution >= 4 is 23.7 Å².